The number of carbonyl (C=O) groups is 2. The van der Waals surface area contributed by atoms with Crippen molar-refractivity contribution in [1.82, 2.24) is 10.6 Å². The molecule has 120 valence electrons. The van der Waals surface area contributed by atoms with Crippen LogP contribution in [-0.2, 0) is 9.59 Å². The van der Waals surface area contributed by atoms with Crippen molar-refractivity contribution in [3.63, 3.8) is 0 Å². The summed E-state index contributed by atoms with van der Waals surface area (Å²) in [6.07, 6.45) is 0.324. The number of nitrogens with zero attached hydrogens (tertiary/aromatic N) is 1. The lowest BCUT2D eigenvalue weighted by atomic mass is 10.1. The third-order valence-corrected chi connectivity index (χ3v) is 3.69. The summed E-state index contributed by atoms with van der Waals surface area (Å²) >= 11 is 0. The molecule has 1 aromatic carbocycles. The van der Waals surface area contributed by atoms with Crippen LogP contribution in [0.4, 0.5) is 14.5 Å². The molecule has 1 fully saturated rings. The molecule has 2 unspecified atom stereocenters. The number of carbonyl (C=O) groups excluding carboxylic acids is 2. The first kappa shape index (κ1) is 16.4. The average molecular weight is 311 g/mol. The van der Waals surface area contributed by atoms with Crippen LogP contribution in [-0.4, -0.2) is 38.0 Å². The predicted molar refractivity (Wildman–Crippen MR) is 78.3 cm³/mol. The second-order valence-electron chi connectivity index (χ2n) is 5.37. The maximum Gasteiger partial charge on any atom is 0.249 e. The minimum absolute atomic E-state index is 0.169. The Morgan fingerprint density at radius 3 is 2.64 bits per heavy atom. The van der Waals surface area contributed by atoms with Gasteiger partial charge in [-0.1, -0.05) is 13.0 Å². The molecule has 1 aliphatic rings. The van der Waals surface area contributed by atoms with Crippen LogP contribution in [0.1, 0.15) is 13.3 Å². The SMILES string of the molecule is CNCC(C)C(=O)NC1CCN(c2c(F)cccc2F)C1=O. The van der Waals surface area contributed by atoms with Gasteiger partial charge in [0.05, 0.1) is 0 Å². The maximum atomic E-state index is 13.8. The molecule has 1 saturated heterocycles. The maximum absolute atomic E-state index is 13.8. The van der Waals surface area contributed by atoms with Gasteiger partial charge in [0, 0.05) is 19.0 Å². The Hall–Kier alpha value is -2.02. The van der Waals surface area contributed by atoms with E-state index in [2.05, 4.69) is 10.6 Å². The molecule has 0 spiro atoms. The van der Waals surface area contributed by atoms with Gasteiger partial charge in [-0.25, -0.2) is 8.78 Å². The second kappa shape index (κ2) is 6.83. The number of hydrogen-bond acceptors (Lipinski definition) is 3. The fourth-order valence-corrected chi connectivity index (χ4v) is 2.50. The van der Waals surface area contributed by atoms with Gasteiger partial charge in [-0.2, -0.15) is 0 Å². The van der Waals surface area contributed by atoms with Gasteiger partial charge >= 0.3 is 0 Å². The summed E-state index contributed by atoms with van der Waals surface area (Å²) in [5, 5.41) is 5.52. The molecule has 0 aliphatic carbocycles. The highest BCUT2D eigenvalue weighted by molar-refractivity contribution is 6.01. The molecule has 0 bridgehead atoms. The van der Waals surface area contributed by atoms with E-state index in [4.69, 9.17) is 0 Å². The molecule has 0 aromatic heterocycles. The molecule has 2 amide bonds. The highest BCUT2D eigenvalue weighted by atomic mass is 19.1. The number of benzene rings is 1. The molecule has 5 nitrogen and oxygen atoms in total. The number of hydrogen-bond donors (Lipinski definition) is 2. The Morgan fingerprint density at radius 1 is 1.41 bits per heavy atom. The molecule has 2 rings (SSSR count). The van der Waals surface area contributed by atoms with Crippen LogP contribution in [0.15, 0.2) is 18.2 Å². The fraction of sp³-hybridized carbons (Fsp3) is 0.467. The first-order chi connectivity index (χ1) is 10.5. The molecule has 0 saturated carbocycles. The van der Waals surface area contributed by atoms with Crippen molar-refractivity contribution in [1.29, 1.82) is 0 Å². The Labute approximate surface area is 127 Å². The summed E-state index contributed by atoms with van der Waals surface area (Å²) in [7, 11) is 1.73. The summed E-state index contributed by atoms with van der Waals surface area (Å²) in [4.78, 5) is 25.3. The van der Waals surface area contributed by atoms with E-state index in [-0.39, 0.29) is 24.1 Å². The smallest absolute Gasteiger partial charge is 0.249 e. The minimum atomic E-state index is -0.788. The number of nitrogens with one attached hydrogen (secondary N) is 2. The van der Waals surface area contributed by atoms with E-state index in [9.17, 15) is 18.4 Å². The Balaban J connectivity index is 2.09. The Kier molecular flexibility index (Phi) is 5.07. The van der Waals surface area contributed by atoms with Gasteiger partial charge < -0.3 is 15.5 Å². The van der Waals surface area contributed by atoms with E-state index in [0.29, 0.717) is 13.0 Å². The molecule has 1 aliphatic heterocycles. The van der Waals surface area contributed by atoms with Crippen LogP contribution in [0.3, 0.4) is 0 Å². The number of anilines is 1. The molecule has 7 heteroatoms. The molecule has 2 atom stereocenters. The van der Waals surface area contributed by atoms with Crippen LogP contribution in [0.2, 0.25) is 0 Å². The van der Waals surface area contributed by atoms with Gasteiger partial charge in [-0.3, -0.25) is 9.59 Å². The van der Waals surface area contributed by atoms with E-state index in [0.717, 1.165) is 17.0 Å². The summed E-state index contributed by atoms with van der Waals surface area (Å²) < 4.78 is 27.5. The number of halogens is 2. The summed E-state index contributed by atoms with van der Waals surface area (Å²) in [5.74, 6) is -2.62. The monoisotopic (exact) mass is 311 g/mol. The van der Waals surface area contributed by atoms with Crippen LogP contribution >= 0.6 is 0 Å². The zero-order valence-corrected chi connectivity index (χ0v) is 12.5. The van der Waals surface area contributed by atoms with Gasteiger partial charge in [0.15, 0.2) is 0 Å². The van der Waals surface area contributed by atoms with Gasteiger partial charge in [-0.15, -0.1) is 0 Å². The highest BCUT2D eigenvalue weighted by Crippen LogP contribution is 2.27. The van der Waals surface area contributed by atoms with E-state index in [1.165, 1.54) is 6.07 Å². The standard InChI is InChI=1S/C15H19F2N3O2/c1-9(8-18-2)14(21)19-12-6-7-20(15(12)22)13-10(16)4-3-5-11(13)17/h3-5,9,12,18H,6-8H2,1-2H3,(H,19,21). The number of para-hydroxylation sites is 1. The lowest BCUT2D eigenvalue weighted by Crippen LogP contribution is -2.45. The van der Waals surface area contributed by atoms with Crippen molar-refractivity contribution in [2.24, 2.45) is 5.92 Å². The van der Waals surface area contributed by atoms with E-state index in [1.54, 1.807) is 14.0 Å². The molecule has 2 N–H and O–H groups in total. The first-order valence-electron chi connectivity index (χ1n) is 7.16. The summed E-state index contributed by atoms with van der Waals surface area (Å²) in [6.45, 7) is 2.39. The molecule has 1 aromatic rings. The molecule has 1 heterocycles. The minimum Gasteiger partial charge on any atom is -0.344 e. The van der Waals surface area contributed by atoms with Crippen LogP contribution in [0, 0.1) is 17.6 Å². The number of rotatable bonds is 5. The molecular weight excluding hydrogens is 292 g/mol. The summed E-state index contributed by atoms with van der Waals surface area (Å²) in [6, 6.07) is 2.71. The van der Waals surface area contributed by atoms with Crippen LogP contribution < -0.4 is 15.5 Å². The molecular formula is C15H19F2N3O2. The van der Waals surface area contributed by atoms with Gasteiger partial charge in [-0.05, 0) is 25.6 Å². The third-order valence-electron chi connectivity index (χ3n) is 3.69. The highest BCUT2D eigenvalue weighted by Gasteiger charge is 2.36. The van der Waals surface area contributed by atoms with E-state index >= 15 is 0 Å². The van der Waals surface area contributed by atoms with Gasteiger partial charge in [0.2, 0.25) is 11.8 Å². The Morgan fingerprint density at radius 2 is 2.05 bits per heavy atom. The van der Waals surface area contributed by atoms with Gasteiger partial charge in [0.25, 0.3) is 0 Å². The third kappa shape index (κ3) is 3.24. The van der Waals surface area contributed by atoms with Crippen molar-refractivity contribution in [2.75, 3.05) is 25.0 Å². The van der Waals surface area contributed by atoms with Crippen molar-refractivity contribution >= 4 is 17.5 Å². The van der Waals surface area contributed by atoms with E-state index < -0.39 is 23.6 Å². The zero-order chi connectivity index (χ0) is 16.3. The zero-order valence-electron chi connectivity index (χ0n) is 12.5. The van der Waals surface area contributed by atoms with Gasteiger partial charge in [0.1, 0.15) is 23.4 Å². The quantitative estimate of drug-likeness (QED) is 0.854. The van der Waals surface area contributed by atoms with Crippen LogP contribution in [0.5, 0.6) is 0 Å². The Bertz CT molecular complexity index is 560. The topological polar surface area (TPSA) is 61.4 Å². The van der Waals surface area contributed by atoms with Crippen molar-refractivity contribution in [2.45, 2.75) is 19.4 Å². The normalized spacial score (nSPS) is 19.4. The predicted octanol–water partition coefficient (Wildman–Crippen LogP) is 1.04. The second-order valence-corrected chi connectivity index (χ2v) is 5.37. The lowest BCUT2D eigenvalue weighted by molar-refractivity contribution is -0.128. The fourth-order valence-electron chi connectivity index (χ4n) is 2.50. The molecule has 0 radical (unpaired) electrons. The average Bonchev–Trinajstić information content (AvgIpc) is 2.81. The largest absolute Gasteiger partial charge is 0.344 e. The van der Waals surface area contributed by atoms with E-state index in [1.807, 2.05) is 0 Å². The first-order valence-corrected chi connectivity index (χ1v) is 7.16. The lowest BCUT2D eigenvalue weighted by Gasteiger charge is -2.19. The number of amides is 2. The van der Waals surface area contributed by atoms with Crippen molar-refractivity contribution < 1.29 is 18.4 Å². The summed E-state index contributed by atoms with van der Waals surface area (Å²) in [5.41, 5.74) is -0.354. The van der Waals surface area contributed by atoms with Crippen LogP contribution in [0.25, 0.3) is 0 Å². The molecule has 22 heavy (non-hydrogen) atoms. The van der Waals surface area contributed by atoms with Crippen molar-refractivity contribution in [3.05, 3.63) is 29.8 Å². The van der Waals surface area contributed by atoms with Crippen molar-refractivity contribution in [3.8, 4) is 0 Å².